The van der Waals surface area contributed by atoms with Crippen molar-refractivity contribution < 1.29 is 191 Å². The Hall–Kier alpha value is -3.44. The molecule has 48 heteroatoms. The van der Waals surface area contributed by atoms with Gasteiger partial charge in [0.15, 0.2) is 0 Å². The molecule has 2 rings (SSSR count). The molecule has 478 valence electrons. The van der Waals surface area contributed by atoms with Crippen molar-refractivity contribution in [1.82, 2.24) is 9.55 Å². The number of aromatic amines is 1. The molecule has 0 unspecified atom stereocenters. The van der Waals surface area contributed by atoms with Crippen LogP contribution in [0.15, 0.2) is 15.8 Å². The van der Waals surface area contributed by atoms with Crippen molar-refractivity contribution in [1.29, 1.82) is 0 Å². The van der Waals surface area contributed by atoms with E-state index in [4.69, 9.17) is 0 Å². The van der Waals surface area contributed by atoms with Crippen LogP contribution in [0, 0.1) is 0 Å². The number of nitrogens with zero attached hydrogens (tertiary/aromatic N) is 1. The first-order valence-electron chi connectivity index (χ1n) is 19.9. The van der Waals surface area contributed by atoms with Gasteiger partial charge in [0, 0.05) is 0 Å². The van der Waals surface area contributed by atoms with E-state index in [1.807, 2.05) is 0 Å². The zero-order valence-corrected chi connectivity index (χ0v) is 39.9. The van der Waals surface area contributed by atoms with Crippen LogP contribution in [-0.4, -0.2) is 170 Å². The molecule has 7 nitrogen and oxygen atoms in total. The fourth-order valence-corrected chi connectivity index (χ4v) is 20.9. The van der Waals surface area contributed by atoms with Gasteiger partial charge in [0.05, 0.1) is 0 Å². The second kappa shape index (κ2) is 20.9. The molecule has 2 heterocycles. The minimum atomic E-state index is -9.21. The molecule has 0 aliphatic carbocycles. The van der Waals surface area contributed by atoms with Crippen LogP contribution in [0.1, 0.15) is 25.5 Å². The van der Waals surface area contributed by atoms with Gasteiger partial charge in [0.1, 0.15) is 0 Å². The molecule has 1 aromatic heterocycles. The van der Waals surface area contributed by atoms with Crippen molar-refractivity contribution in [2.75, 3.05) is 6.61 Å². The summed E-state index contributed by atoms with van der Waals surface area (Å²) in [6, 6.07) is 0. The summed E-state index contributed by atoms with van der Waals surface area (Å²) in [6.45, 7) is -1.74. The van der Waals surface area contributed by atoms with Crippen LogP contribution in [-0.2, 0) is 4.74 Å². The minimum absolute atomic E-state index is 0.544. The van der Waals surface area contributed by atoms with E-state index in [9.17, 15) is 165 Å². The van der Waals surface area contributed by atoms with E-state index in [1.54, 1.807) is 0 Å². The first kappa shape index (κ1) is 73.7. The van der Waals surface area contributed by atoms with Crippen molar-refractivity contribution in [3.05, 3.63) is 27.0 Å². The van der Waals surface area contributed by atoms with E-state index < -0.39 is 215 Å². The van der Waals surface area contributed by atoms with Crippen LogP contribution in [0.25, 0.3) is 0 Å². The summed E-state index contributed by atoms with van der Waals surface area (Å²) in [5.74, 6) is -131. The Morgan fingerprint density at radius 1 is 0.432 bits per heavy atom. The standard InChI is InChI=1S/C9H10FN2O5.3C8H4F13.Sn/c10-6-7(15)4(3-13)17-8(6)12-2-1-5(14)11-9(12)16;3*1-2-3(9,10)4(11,12)5(13,14)6(15,16)7(17,18)8(19,20)21;/h2,4,6-8,13,15H,3H2,(H,11,14,16);3*1-2H2;/t4-,6+,7-,8-;;;;/m1..../s1. The molecule has 1 aromatic rings. The third-order valence-corrected chi connectivity index (χ3v) is 26.6. The molecular formula is C33H22F40N2O5Sn. The molecule has 1 aliphatic heterocycles. The second-order valence-electron chi connectivity index (χ2n) is 17.2. The number of ether oxygens (including phenoxy) is 1. The second-order valence-corrected chi connectivity index (χ2v) is 30.3. The van der Waals surface area contributed by atoms with Crippen LogP contribution in [0.4, 0.5) is 176 Å². The summed E-state index contributed by atoms with van der Waals surface area (Å²) in [5.41, 5.74) is -5.76. The number of halogens is 40. The van der Waals surface area contributed by atoms with Crippen molar-refractivity contribution in [3.8, 4) is 0 Å². The Labute approximate surface area is 420 Å². The molecule has 1 saturated heterocycles. The summed E-state index contributed by atoms with van der Waals surface area (Å²) in [4.78, 5) is 26.6. The Balaban J connectivity index is 3.38. The summed E-state index contributed by atoms with van der Waals surface area (Å²) < 4.78 is 553. The van der Waals surface area contributed by atoms with Gasteiger partial charge >= 0.3 is 420 Å². The quantitative estimate of drug-likeness (QED) is 0.0707. The number of hydrogen-bond acceptors (Lipinski definition) is 5. The Kier molecular flexibility index (Phi) is 19.0. The number of aliphatic hydroxyl groups excluding tert-OH is 2. The van der Waals surface area contributed by atoms with E-state index in [2.05, 4.69) is 4.74 Å². The molecule has 81 heavy (non-hydrogen) atoms. The molecule has 4 atom stereocenters. The van der Waals surface area contributed by atoms with Crippen LogP contribution < -0.4 is 14.8 Å². The zero-order valence-electron chi connectivity index (χ0n) is 37.0. The summed E-state index contributed by atoms with van der Waals surface area (Å²) in [6.07, 6.45) is -51.5. The molecule has 0 radical (unpaired) electrons. The predicted octanol–water partition coefficient (Wildman–Crippen LogP) is 12.2. The van der Waals surface area contributed by atoms with Gasteiger partial charge in [0.2, 0.25) is 0 Å². The van der Waals surface area contributed by atoms with Crippen molar-refractivity contribution >= 4 is 22.0 Å². The van der Waals surface area contributed by atoms with Crippen molar-refractivity contribution in [2.45, 2.75) is 165 Å². The van der Waals surface area contributed by atoms with Gasteiger partial charge in [-0.25, -0.2) is 0 Å². The maximum atomic E-state index is 15.4. The summed E-state index contributed by atoms with van der Waals surface area (Å²) in [5, 5.41) is 19.1. The van der Waals surface area contributed by atoms with Gasteiger partial charge in [-0.05, 0) is 0 Å². The summed E-state index contributed by atoms with van der Waals surface area (Å²) >= 11 is -9.21. The molecule has 0 amide bonds. The molecule has 3 N–H and O–H groups in total. The molecule has 0 aromatic carbocycles. The Bertz CT molecular complexity index is 2320. The first-order valence-corrected chi connectivity index (χ1v) is 27.3. The van der Waals surface area contributed by atoms with E-state index in [1.165, 1.54) is 0 Å². The fraction of sp³-hybridized carbons (Fsp3) is 0.879. The number of H-pyrrole nitrogens is 1. The predicted molar refractivity (Wildman–Crippen MR) is 179 cm³/mol. The number of alkyl halides is 40. The molecular weight excluding hydrogens is 1380 g/mol. The number of aromatic nitrogens is 2. The van der Waals surface area contributed by atoms with E-state index >= 15 is 30.7 Å². The first-order chi connectivity index (χ1) is 35.0. The maximum absolute atomic E-state index is 15.4. The number of nitrogens with one attached hydrogen (secondary N) is 1. The molecule has 0 spiro atoms. The topological polar surface area (TPSA) is 105 Å². The van der Waals surface area contributed by atoms with Gasteiger partial charge in [0.25, 0.3) is 0 Å². The number of aliphatic hydroxyl groups is 2. The van der Waals surface area contributed by atoms with Crippen molar-refractivity contribution in [3.63, 3.8) is 0 Å². The molecule has 1 fully saturated rings. The Morgan fingerprint density at radius 2 is 0.679 bits per heavy atom. The average Bonchev–Trinajstić information content (AvgIpc) is 3.55. The number of hydrogen-bond donors (Lipinski definition) is 3. The monoisotopic (exact) mass is 1410 g/mol. The normalized spacial score (nSPS) is 20.6. The van der Waals surface area contributed by atoms with Gasteiger partial charge in [-0.15, -0.1) is 0 Å². The van der Waals surface area contributed by atoms with Gasteiger partial charge < -0.3 is 0 Å². The van der Waals surface area contributed by atoms with E-state index in [-0.39, 0.29) is 0 Å². The van der Waals surface area contributed by atoms with Crippen LogP contribution >= 0.6 is 0 Å². The van der Waals surface area contributed by atoms with Gasteiger partial charge in [-0.3, -0.25) is 0 Å². The van der Waals surface area contributed by atoms with E-state index in [0.717, 1.165) is 0 Å². The SMILES string of the molecule is O=c1[nH]c(=O)n([C@@H]2O[C@H](CO)[C@@H](O)[C@@H]2F)c[c]1[Sn]([CH2]CC(F)(F)C(F)(F)C(F)(F)C(F)(F)C(F)(F)C(F)(F)F)([CH2]CC(F)(F)C(F)(F)C(F)(F)C(F)(F)C(F)(F)C(F)(F)F)[CH2]CC(F)(F)C(F)(F)C(F)(F)C(F)(F)C(F)(F)C(F)(F)F. The third-order valence-electron chi connectivity index (χ3n) is 12.0. The van der Waals surface area contributed by atoms with Gasteiger partial charge in [-0.2, -0.15) is 0 Å². The van der Waals surface area contributed by atoms with Gasteiger partial charge in [-0.1, -0.05) is 0 Å². The fourth-order valence-electron chi connectivity index (χ4n) is 6.98. The third kappa shape index (κ3) is 11.0. The number of rotatable bonds is 24. The molecule has 0 saturated carbocycles. The van der Waals surface area contributed by atoms with Crippen LogP contribution in [0.3, 0.4) is 0 Å². The van der Waals surface area contributed by atoms with Crippen molar-refractivity contribution in [2.24, 2.45) is 0 Å². The van der Waals surface area contributed by atoms with E-state index in [0.29, 0.717) is 4.98 Å². The molecule has 1 aliphatic rings. The Morgan fingerprint density at radius 3 is 0.901 bits per heavy atom. The molecule has 0 bridgehead atoms. The van der Waals surface area contributed by atoms with Crippen LogP contribution in [0.2, 0.25) is 13.3 Å². The summed E-state index contributed by atoms with van der Waals surface area (Å²) in [7, 11) is 0. The zero-order chi connectivity index (χ0) is 65.2. The average molecular weight is 1410 g/mol. The van der Waals surface area contributed by atoms with Crippen LogP contribution in [0.5, 0.6) is 0 Å².